The van der Waals surface area contributed by atoms with Gasteiger partial charge >= 0.3 is 0 Å². The van der Waals surface area contributed by atoms with Gasteiger partial charge in [0.25, 0.3) is 0 Å². The Hall–Kier alpha value is -0.340. The predicted octanol–water partition coefficient (Wildman–Crippen LogP) is 7.65. The molecule has 4 aliphatic rings. The van der Waals surface area contributed by atoms with Crippen LogP contribution in [0.15, 0.2) is 11.6 Å². The van der Waals surface area contributed by atoms with Crippen molar-refractivity contribution < 1.29 is 9.84 Å². The number of hydrogen-bond donors (Lipinski definition) is 1. The van der Waals surface area contributed by atoms with Crippen LogP contribution >= 0.6 is 0 Å². The number of aliphatic hydroxyl groups is 1. The van der Waals surface area contributed by atoms with E-state index >= 15 is 0 Å². The molecule has 4 aliphatic carbocycles. The van der Waals surface area contributed by atoms with Crippen molar-refractivity contribution in [1.29, 1.82) is 0 Å². The zero-order valence-corrected chi connectivity index (χ0v) is 22.2. The zero-order valence-electron chi connectivity index (χ0n) is 22.2. The molecule has 10 atom stereocenters. The van der Waals surface area contributed by atoms with Gasteiger partial charge in [-0.05, 0) is 104 Å². The van der Waals surface area contributed by atoms with Gasteiger partial charge in [0, 0.05) is 7.11 Å². The minimum atomic E-state index is -0.147. The maximum atomic E-state index is 10.4. The van der Waals surface area contributed by atoms with Crippen LogP contribution < -0.4 is 0 Å². The van der Waals surface area contributed by atoms with Crippen molar-refractivity contribution in [3.63, 3.8) is 0 Å². The van der Waals surface area contributed by atoms with Crippen molar-refractivity contribution in [3.8, 4) is 0 Å². The molecule has 2 heteroatoms. The van der Waals surface area contributed by atoms with Crippen molar-refractivity contribution in [2.45, 2.75) is 118 Å². The summed E-state index contributed by atoms with van der Waals surface area (Å²) in [7, 11) is 1.93. The van der Waals surface area contributed by atoms with E-state index < -0.39 is 0 Å². The van der Waals surface area contributed by atoms with Gasteiger partial charge in [0.15, 0.2) is 0 Å². The van der Waals surface area contributed by atoms with Gasteiger partial charge in [-0.15, -0.1) is 0 Å². The summed E-state index contributed by atoms with van der Waals surface area (Å²) < 4.78 is 6.20. The summed E-state index contributed by atoms with van der Waals surface area (Å²) in [5, 5.41) is 10.4. The Morgan fingerprint density at radius 3 is 2.44 bits per heavy atom. The predicted molar refractivity (Wildman–Crippen MR) is 134 cm³/mol. The third-order valence-electron chi connectivity index (χ3n) is 11.6. The highest BCUT2D eigenvalue weighted by atomic mass is 16.5. The Kier molecular flexibility index (Phi) is 7.25. The fraction of sp³-hybridized carbons (Fsp3) is 0.933. The normalized spacial score (nSPS) is 45.6. The molecular formula is C30H52O2. The SMILES string of the molecule is CC[C@H](CC[C@@H](C)[C@H]1CC[C@H]2[C@@H]3[C@@H](OC)C=C4C[C@@H](O)CC[C@]4(C)[C@H]3CC[C@]12C)C(C)C. The van der Waals surface area contributed by atoms with E-state index in [9.17, 15) is 5.11 Å². The molecule has 0 aromatic rings. The molecule has 0 radical (unpaired) electrons. The second-order valence-electron chi connectivity index (χ2n) is 13.2. The van der Waals surface area contributed by atoms with Gasteiger partial charge in [-0.25, -0.2) is 0 Å². The first-order valence-corrected chi connectivity index (χ1v) is 14.1. The van der Waals surface area contributed by atoms with Crippen molar-refractivity contribution >= 4 is 0 Å². The molecule has 0 aromatic carbocycles. The number of fused-ring (bicyclic) bond motifs is 5. The van der Waals surface area contributed by atoms with E-state index in [-0.39, 0.29) is 17.6 Å². The van der Waals surface area contributed by atoms with Crippen LogP contribution in [0.25, 0.3) is 0 Å². The van der Waals surface area contributed by atoms with Gasteiger partial charge in [0.2, 0.25) is 0 Å². The lowest BCUT2D eigenvalue weighted by Gasteiger charge is -2.60. The molecule has 0 saturated heterocycles. The van der Waals surface area contributed by atoms with Gasteiger partial charge in [-0.1, -0.05) is 66.0 Å². The van der Waals surface area contributed by atoms with Gasteiger partial charge in [0.05, 0.1) is 12.2 Å². The number of hydrogen-bond acceptors (Lipinski definition) is 2. The molecule has 0 aromatic heterocycles. The first kappa shape index (κ1) is 24.8. The highest BCUT2D eigenvalue weighted by Gasteiger charge is 2.61. The smallest absolute Gasteiger partial charge is 0.0788 e. The van der Waals surface area contributed by atoms with Crippen molar-refractivity contribution in [1.82, 2.24) is 0 Å². The van der Waals surface area contributed by atoms with Crippen molar-refractivity contribution in [2.24, 2.45) is 52.3 Å². The molecule has 3 saturated carbocycles. The van der Waals surface area contributed by atoms with Crippen molar-refractivity contribution in [2.75, 3.05) is 7.11 Å². The van der Waals surface area contributed by atoms with E-state index in [1.165, 1.54) is 50.5 Å². The number of ether oxygens (including phenoxy) is 1. The van der Waals surface area contributed by atoms with Crippen LogP contribution in [0.3, 0.4) is 0 Å². The first-order chi connectivity index (χ1) is 15.2. The molecule has 0 bridgehead atoms. The summed E-state index contributed by atoms with van der Waals surface area (Å²) in [6.07, 6.45) is 15.3. The average Bonchev–Trinajstić information content (AvgIpc) is 3.11. The molecule has 0 unspecified atom stereocenters. The summed E-state index contributed by atoms with van der Waals surface area (Å²) >= 11 is 0. The second-order valence-corrected chi connectivity index (χ2v) is 13.2. The molecule has 0 heterocycles. The molecule has 32 heavy (non-hydrogen) atoms. The van der Waals surface area contributed by atoms with Crippen molar-refractivity contribution in [3.05, 3.63) is 11.6 Å². The molecule has 0 amide bonds. The van der Waals surface area contributed by atoms with Crippen LogP contribution in [0.4, 0.5) is 0 Å². The maximum absolute atomic E-state index is 10.4. The van der Waals surface area contributed by atoms with Gasteiger partial charge < -0.3 is 9.84 Å². The Bertz CT molecular complexity index is 682. The molecule has 0 spiro atoms. The highest BCUT2D eigenvalue weighted by Crippen LogP contribution is 2.67. The van der Waals surface area contributed by atoms with Gasteiger partial charge in [-0.2, -0.15) is 0 Å². The largest absolute Gasteiger partial charge is 0.393 e. The van der Waals surface area contributed by atoms with E-state index in [1.54, 1.807) is 0 Å². The van der Waals surface area contributed by atoms with E-state index in [0.29, 0.717) is 11.3 Å². The third kappa shape index (κ3) is 4.04. The topological polar surface area (TPSA) is 29.5 Å². The monoisotopic (exact) mass is 444 g/mol. The van der Waals surface area contributed by atoms with Crippen LogP contribution in [-0.2, 0) is 4.74 Å². The first-order valence-electron chi connectivity index (χ1n) is 14.1. The molecule has 184 valence electrons. The molecule has 3 fully saturated rings. The summed E-state index contributed by atoms with van der Waals surface area (Å²) in [4.78, 5) is 0. The van der Waals surface area contributed by atoms with Crippen LogP contribution in [0.2, 0.25) is 0 Å². The molecule has 0 aliphatic heterocycles. The van der Waals surface area contributed by atoms with Crippen LogP contribution in [0.5, 0.6) is 0 Å². The molecular weight excluding hydrogens is 392 g/mol. The molecule has 4 rings (SSSR count). The number of methoxy groups -OCH3 is 1. The van der Waals surface area contributed by atoms with Crippen LogP contribution in [0.1, 0.15) is 106 Å². The standard InChI is InChI=1S/C30H52O2/c1-8-21(19(2)3)10-9-20(4)24-11-12-25-28-26(14-16-30(24,25)6)29(5)15-13-23(31)17-22(29)18-27(28)32-7/h18-21,23-28,31H,8-17H2,1-7H3/t20-,21-,23+,24-,25+,26+,27+,28+,29+,30-/m1/s1. The van der Waals surface area contributed by atoms with Crippen LogP contribution in [-0.4, -0.2) is 24.4 Å². The van der Waals surface area contributed by atoms with Gasteiger partial charge in [-0.3, -0.25) is 0 Å². The third-order valence-corrected chi connectivity index (χ3v) is 11.6. The van der Waals surface area contributed by atoms with E-state index in [2.05, 4.69) is 47.6 Å². The Morgan fingerprint density at radius 2 is 1.78 bits per heavy atom. The number of rotatable bonds is 7. The van der Waals surface area contributed by atoms with E-state index in [0.717, 1.165) is 54.8 Å². The number of aliphatic hydroxyl groups excluding tert-OH is 1. The lowest BCUT2D eigenvalue weighted by molar-refractivity contribution is -0.106. The molecule has 2 nitrogen and oxygen atoms in total. The Balaban J connectivity index is 1.54. The summed E-state index contributed by atoms with van der Waals surface area (Å²) in [6.45, 7) is 15.0. The second kappa shape index (κ2) is 9.37. The van der Waals surface area contributed by atoms with Gasteiger partial charge in [0.1, 0.15) is 0 Å². The Labute approximate surface area is 199 Å². The van der Waals surface area contributed by atoms with E-state index in [1.807, 2.05) is 7.11 Å². The minimum absolute atomic E-state index is 0.147. The van der Waals surface area contributed by atoms with E-state index in [4.69, 9.17) is 4.74 Å². The Morgan fingerprint density at radius 1 is 1.03 bits per heavy atom. The lowest BCUT2D eigenvalue weighted by atomic mass is 9.46. The average molecular weight is 445 g/mol. The fourth-order valence-electron chi connectivity index (χ4n) is 9.49. The summed E-state index contributed by atoms with van der Waals surface area (Å²) in [6, 6.07) is 0. The summed E-state index contributed by atoms with van der Waals surface area (Å²) in [5.41, 5.74) is 2.28. The fourth-order valence-corrected chi connectivity index (χ4v) is 9.49. The highest BCUT2D eigenvalue weighted by molar-refractivity contribution is 5.28. The minimum Gasteiger partial charge on any atom is -0.393 e. The zero-order chi connectivity index (χ0) is 23.3. The molecule has 1 N–H and O–H groups in total. The maximum Gasteiger partial charge on any atom is 0.0788 e. The van der Waals surface area contributed by atoms with Crippen LogP contribution in [0, 0.1) is 52.3 Å². The summed E-state index contributed by atoms with van der Waals surface area (Å²) in [5.74, 6) is 5.62. The quantitative estimate of drug-likeness (QED) is 0.409. The lowest BCUT2D eigenvalue weighted by Crippen LogP contribution is -2.55.